The maximum Gasteiger partial charge on any atom is 0.0653 e. The van der Waals surface area contributed by atoms with Gasteiger partial charge in [-0.3, -0.25) is 0 Å². The highest BCUT2D eigenvalue weighted by Gasteiger charge is 2.09. The van der Waals surface area contributed by atoms with Crippen LogP contribution in [0.5, 0.6) is 0 Å². The Morgan fingerprint density at radius 2 is 2.09 bits per heavy atom. The van der Waals surface area contributed by atoms with Gasteiger partial charge in [-0.05, 0) is 32.9 Å². The van der Waals surface area contributed by atoms with Gasteiger partial charge < -0.3 is 9.74 Å². The van der Waals surface area contributed by atoms with Crippen molar-refractivity contribution in [2.24, 2.45) is 0 Å². The van der Waals surface area contributed by atoms with Crippen molar-refractivity contribution in [1.82, 2.24) is 10.4 Å². The first-order chi connectivity index (χ1) is 5.43. The third kappa shape index (κ3) is 3.70. The van der Waals surface area contributed by atoms with Crippen LogP contribution in [0.15, 0.2) is 0 Å². The van der Waals surface area contributed by atoms with Crippen LogP contribution in [-0.2, 0) is 4.84 Å². The largest absolute Gasteiger partial charge is 0.302 e. The first kappa shape index (κ1) is 8.97. The Morgan fingerprint density at radius 3 is 2.73 bits per heavy atom. The Labute approximate surface area is 68.7 Å². The van der Waals surface area contributed by atoms with E-state index in [2.05, 4.69) is 10.4 Å². The van der Waals surface area contributed by atoms with E-state index in [0.717, 1.165) is 19.7 Å². The van der Waals surface area contributed by atoms with Gasteiger partial charge in [0, 0.05) is 13.1 Å². The normalized spacial score (nSPS) is 19.4. The Hall–Kier alpha value is -0.120. The standard InChI is InChI=1S/C8H18N2O/c1-2-11-9-5-8-10-6-3-4-7-10/h9H,2-8H2,1H3. The quantitative estimate of drug-likeness (QED) is 0.469. The lowest BCUT2D eigenvalue weighted by atomic mass is 10.4. The molecule has 1 N–H and O–H groups in total. The molecule has 1 aliphatic heterocycles. The number of nitrogens with one attached hydrogen (secondary N) is 1. The maximum atomic E-state index is 5.02. The van der Waals surface area contributed by atoms with E-state index in [9.17, 15) is 0 Å². The van der Waals surface area contributed by atoms with Gasteiger partial charge in [0.05, 0.1) is 6.61 Å². The molecule has 3 heteroatoms. The molecule has 66 valence electrons. The van der Waals surface area contributed by atoms with Gasteiger partial charge in [-0.25, -0.2) is 5.48 Å². The molecular weight excluding hydrogens is 140 g/mol. The fourth-order valence-electron chi connectivity index (χ4n) is 1.38. The number of nitrogens with zero attached hydrogens (tertiary/aromatic N) is 1. The van der Waals surface area contributed by atoms with Crippen molar-refractivity contribution in [2.75, 3.05) is 32.8 Å². The monoisotopic (exact) mass is 158 g/mol. The topological polar surface area (TPSA) is 24.5 Å². The first-order valence-electron chi connectivity index (χ1n) is 4.50. The van der Waals surface area contributed by atoms with E-state index in [0.29, 0.717) is 0 Å². The molecule has 0 aliphatic carbocycles. The van der Waals surface area contributed by atoms with E-state index >= 15 is 0 Å². The van der Waals surface area contributed by atoms with Crippen molar-refractivity contribution in [1.29, 1.82) is 0 Å². The van der Waals surface area contributed by atoms with Crippen LogP contribution in [0.4, 0.5) is 0 Å². The van der Waals surface area contributed by atoms with Crippen LogP contribution >= 0.6 is 0 Å². The number of likely N-dealkylation sites (tertiary alicyclic amines) is 1. The van der Waals surface area contributed by atoms with Crippen molar-refractivity contribution in [3.05, 3.63) is 0 Å². The summed E-state index contributed by atoms with van der Waals surface area (Å²) in [6.07, 6.45) is 2.74. The highest BCUT2D eigenvalue weighted by atomic mass is 16.6. The van der Waals surface area contributed by atoms with Gasteiger partial charge in [0.15, 0.2) is 0 Å². The lowest BCUT2D eigenvalue weighted by Crippen LogP contribution is -2.29. The Morgan fingerprint density at radius 1 is 1.36 bits per heavy atom. The van der Waals surface area contributed by atoms with Gasteiger partial charge in [-0.15, -0.1) is 0 Å². The van der Waals surface area contributed by atoms with Gasteiger partial charge in [0.2, 0.25) is 0 Å². The van der Waals surface area contributed by atoms with Crippen LogP contribution in [0.3, 0.4) is 0 Å². The minimum atomic E-state index is 0.750. The van der Waals surface area contributed by atoms with Crippen LogP contribution < -0.4 is 5.48 Å². The highest BCUT2D eigenvalue weighted by Crippen LogP contribution is 2.05. The molecule has 0 amide bonds. The molecule has 0 aromatic heterocycles. The maximum absolute atomic E-state index is 5.02. The van der Waals surface area contributed by atoms with Crippen molar-refractivity contribution in [3.63, 3.8) is 0 Å². The van der Waals surface area contributed by atoms with Gasteiger partial charge >= 0.3 is 0 Å². The Balaban J connectivity index is 1.86. The second-order valence-electron chi connectivity index (χ2n) is 2.88. The minimum absolute atomic E-state index is 0.750. The smallest absolute Gasteiger partial charge is 0.0653 e. The highest BCUT2D eigenvalue weighted by molar-refractivity contribution is 4.65. The van der Waals surface area contributed by atoms with Crippen LogP contribution in [0.2, 0.25) is 0 Å². The molecule has 1 rings (SSSR count). The van der Waals surface area contributed by atoms with Crippen molar-refractivity contribution >= 4 is 0 Å². The number of rotatable bonds is 5. The van der Waals surface area contributed by atoms with E-state index in [1.54, 1.807) is 0 Å². The van der Waals surface area contributed by atoms with E-state index in [-0.39, 0.29) is 0 Å². The number of hydrogen-bond donors (Lipinski definition) is 1. The molecule has 0 bridgehead atoms. The summed E-state index contributed by atoms with van der Waals surface area (Å²) in [6, 6.07) is 0. The Kier molecular flexibility index (Phi) is 4.50. The summed E-state index contributed by atoms with van der Waals surface area (Å²) in [5.74, 6) is 0. The summed E-state index contributed by atoms with van der Waals surface area (Å²) in [4.78, 5) is 7.48. The zero-order chi connectivity index (χ0) is 7.94. The molecule has 0 unspecified atom stereocenters. The summed E-state index contributed by atoms with van der Waals surface area (Å²) >= 11 is 0. The molecule has 1 aliphatic rings. The third-order valence-corrected chi connectivity index (χ3v) is 1.98. The molecule has 0 radical (unpaired) electrons. The molecule has 1 saturated heterocycles. The third-order valence-electron chi connectivity index (χ3n) is 1.98. The zero-order valence-electron chi connectivity index (χ0n) is 7.31. The van der Waals surface area contributed by atoms with Crippen molar-refractivity contribution in [3.8, 4) is 0 Å². The lowest BCUT2D eigenvalue weighted by Gasteiger charge is -2.13. The minimum Gasteiger partial charge on any atom is -0.302 e. The SMILES string of the molecule is CCONCCN1CCCC1. The number of hydrogen-bond acceptors (Lipinski definition) is 3. The second kappa shape index (κ2) is 5.52. The van der Waals surface area contributed by atoms with Crippen molar-refractivity contribution < 1.29 is 4.84 Å². The predicted molar refractivity (Wildman–Crippen MR) is 45.3 cm³/mol. The van der Waals surface area contributed by atoms with E-state index in [4.69, 9.17) is 4.84 Å². The summed E-state index contributed by atoms with van der Waals surface area (Å²) in [6.45, 7) is 7.36. The second-order valence-corrected chi connectivity index (χ2v) is 2.88. The lowest BCUT2D eigenvalue weighted by molar-refractivity contribution is 0.0462. The molecule has 0 spiro atoms. The molecule has 0 saturated carbocycles. The first-order valence-corrected chi connectivity index (χ1v) is 4.50. The summed E-state index contributed by atoms with van der Waals surface area (Å²) < 4.78 is 0. The van der Waals surface area contributed by atoms with Gasteiger partial charge in [0.1, 0.15) is 0 Å². The van der Waals surface area contributed by atoms with Crippen LogP contribution in [0.25, 0.3) is 0 Å². The molecule has 1 heterocycles. The molecule has 0 atom stereocenters. The molecule has 11 heavy (non-hydrogen) atoms. The summed E-state index contributed by atoms with van der Waals surface area (Å²) in [5, 5.41) is 0. The molecule has 0 aromatic carbocycles. The summed E-state index contributed by atoms with van der Waals surface area (Å²) in [5.41, 5.74) is 2.92. The van der Waals surface area contributed by atoms with Gasteiger partial charge in [0.25, 0.3) is 0 Å². The molecule has 1 fully saturated rings. The molecule has 0 aromatic rings. The average Bonchev–Trinajstić information content (AvgIpc) is 2.50. The van der Waals surface area contributed by atoms with E-state index in [1.807, 2.05) is 6.92 Å². The van der Waals surface area contributed by atoms with E-state index in [1.165, 1.54) is 25.9 Å². The van der Waals surface area contributed by atoms with Crippen LogP contribution in [0, 0.1) is 0 Å². The van der Waals surface area contributed by atoms with Gasteiger partial charge in [-0.2, -0.15) is 0 Å². The number of hydroxylamine groups is 1. The fourth-order valence-corrected chi connectivity index (χ4v) is 1.38. The van der Waals surface area contributed by atoms with Crippen LogP contribution in [0.1, 0.15) is 19.8 Å². The van der Waals surface area contributed by atoms with E-state index < -0.39 is 0 Å². The van der Waals surface area contributed by atoms with Crippen molar-refractivity contribution in [2.45, 2.75) is 19.8 Å². The fraction of sp³-hybridized carbons (Fsp3) is 1.00. The molecular formula is C8H18N2O. The van der Waals surface area contributed by atoms with Gasteiger partial charge in [-0.1, -0.05) is 0 Å². The summed E-state index contributed by atoms with van der Waals surface area (Å²) in [7, 11) is 0. The van der Waals surface area contributed by atoms with Crippen LogP contribution in [-0.4, -0.2) is 37.7 Å². The zero-order valence-corrected chi connectivity index (χ0v) is 7.31. The predicted octanol–water partition coefficient (Wildman–Crippen LogP) is 0.623. The average molecular weight is 158 g/mol. The molecule has 3 nitrogen and oxygen atoms in total. The Bertz CT molecular complexity index is 92.1.